The van der Waals surface area contributed by atoms with Crippen molar-refractivity contribution in [1.82, 2.24) is 0 Å². The van der Waals surface area contributed by atoms with Crippen LogP contribution in [-0.4, -0.2) is 35.8 Å². The van der Waals surface area contributed by atoms with E-state index in [-0.39, 0.29) is 7.11 Å². The van der Waals surface area contributed by atoms with Gasteiger partial charge in [-0.15, -0.1) is 0 Å². The van der Waals surface area contributed by atoms with Gasteiger partial charge >= 0.3 is 23.6 Å². The highest BCUT2D eigenvalue weighted by atomic mass is 19.4. The molecule has 1 rings (SSSR count). The van der Waals surface area contributed by atoms with E-state index in [1.807, 2.05) is 0 Å². The Balaban J connectivity index is 3.18. The number of aliphatic hydroxyl groups is 1. The first-order chi connectivity index (χ1) is 5.56. The molecule has 8 heteroatoms. The molecule has 0 atom stereocenters. The molecule has 0 aliphatic heterocycles. The van der Waals surface area contributed by atoms with Gasteiger partial charge < -0.3 is 9.84 Å². The zero-order valence-electron chi connectivity index (χ0n) is 6.12. The summed E-state index contributed by atoms with van der Waals surface area (Å²) in [5, 5.41) is 8.41. The fourth-order valence-corrected chi connectivity index (χ4v) is 1.01. The van der Waals surface area contributed by atoms with Crippen LogP contribution in [0.15, 0.2) is 0 Å². The van der Waals surface area contributed by atoms with Crippen LogP contribution in [0.4, 0.5) is 26.3 Å². The average Bonchev–Trinajstić information content (AvgIpc) is 2.00. The number of methoxy groups -OCH3 is 1. The molecule has 0 heterocycles. The number of hydrogen-bond donors (Lipinski definition) is 1. The van der Waals surface area contributed by atoms with Crippen LogP contribution in [0.2, 0.25) is 0 Å². The van der Waals surface area contributed by atoms with E-state index < -0.39 is 23.6 Å². The summed E-state index contributed by atoms with van der Waals surface area (Å²) in [4.78, 5) is 0. The quantitative estimate of drug-likeness (QED) is 0.521. The van der Waals surface area contributed by atoms with Gasteiger partial charge in [-0.25, -0.2) is 0 Å². The van der Waals surface area contributed by atoms with Gasteiger partial charge in [0.05, 0.1) is 0 Å². The predicted molar refractivity (Wildman–Crippen MR) is 26.8 cm³/mol. The number of halogens is 6. The fourth-order valence-electron chi connectivity index (χ4n) is 1.01. The summed E-state index contributed by atoms with van der Waals surface area (Å²) in [6.07, 6.45) is 0. The van der Waals surface area contributed by atoms with Gasteiger partial charge in [0.25, 0.3) is 0 Å². The van der Waals surface area contributed by atoms with Gasteiger partial charge in [0.15, 0.2) is 0 Å². The molecule has 0 aromatic heterocycles. The normalized spacial score (nSPS) is 32.3. The molecule has 0 aromatic carbocycles. The summed E-state index contributed by atoms with van der Waals surface area (Å²) in [6, 6.07) is 0. The molecule has 0 unspecified atom stereocenters. The van der Waals surface area contributed by atoms with Gasteiger partial charge in [-0.1, -0.05) is 0 Å². The Hall–Kier alpha value is -0.500. The average molecular weight is 210 g/mol. The molecule has 0 amide bonds. The van der Waals surface area contributed by atoms with E-state index in [9.17, 15) is 26.3 Å². The van der Waals surface area contributed by atoms with Gasteiger partial charge in [-0.3, -0.25) is 0 Å². The van der Waals surface area contributed by atoms with Gasteiger partial charge in [0.2, 0.25) is 0 Å². The molecule has 2 nitrogen and oxygen atoms in total. The van der Waals surface area contributed by atoms with Gasteiger partial charge in [0.1, 0.15) is 0 Å². The van der Waals surface area contributed by atoms with E-state index in [2.05, 4.69) is 4.74 Å². The van der Waals surface area contributed by atoms with Gasteiger partial charge in [-0.2, -0.15) is 26.3 Å². The van der Waals surface area contributed by atoms with Crippen molar-refractivity contribution in [2.45, 2.75) is 23.6 Å². The van der Waals surface area contributed by atoms with E-state index in [0.29, 0.717) is 0 Å². The topological polar surface area (TPSA) is 29.5 Å². The standard InChI is InChI=1S/C5H4F6O2/c1-13-5(12)3(8,9)2(6,7)4(5,10)11/h12H,1H3. The van der Waals surface area contributed by atoms with Crippen molar-refractivity contribution in [2.24, 2.45) is 0 Å². The van der Waals surface area contributed by atoms with Crippen LogP contribution in [0.3, 0.4) is 0 Å². The first-order valence-electron chi connectivity index (χ1n) is 2.97. The molecule has 0 aromatic rings. The Morgan fingerprint density at radius 2 is 1.15 bits per heavy atom. The Labute approximate surface area is 68.1 Å². The first-order valence-corrected chi connectivity index (χ1v) is 2.97. The Bertz CT molecular complexity index is 219. The molecule has 1 fully saturated rings. The van der Waals surface area contributed by atoms with Crippen molar-refractivity contribution < 1.29 is 36.2 Å². The lowest BCUT2D eigenvalue weighted by atomic mass is 9.77. The SMILES string of the molecule is COC1(O)C(F)(F)C(F)(F)C1(F)F. The number of hydrogen-bond acceptors (Lipinski definition) is 2. The van der Waals surface area contributed by atoms with Gasteiger partial charge in [-0.05, 0) is 0 Å². The van der Waals surface area contributed by atoms with Crippen LogP contribution >= 0.6 is 0 Å². The van der Waals surface area contributed by atoms with Crippen molar-refractivity contribution in [3.63, 3.8) is 0 Å². The summed E-state index contributed by atoms with van der Waals surface area (Å²) in [5.41, 5.74) is 0. The Morgan fingerprint density at radius 3 is 1.31 bits per heavy atom. The minimum absolute atomic E-state index is 0.289. The minimum atomic E-state index is -5.59. The first kappa shape index (κ1) is 10.6. The van der Waals surface area contributed by atoms with Crippen LogP contribution in [0.25, 0.3) is 0 Å². The third-order valence-corrected chi connectivity index (χ3v) is 1.94. The second kappa shape index (κ2) is 2.11. The van der Waals surface area contributed by atoms with Crippen LogP contribution in [0.5, 0.6) is 0 Å². The molecule has 1 aliphatic rings. The molecule has 0 saturated heterocycles. The number of alkyl halides is 6. The molecular formula is C5H4F6O2. The van der Waals surface area contributed by atoms with E-state index in [0.717, 1.165) is 0 Å². The summed E-state index contributed by atoms with van der Waals surface area (Å²) in [7, 11) is 0.289. The van der Waals surface area contributed by atoms with E-state index in [1.165, 1.54) is 0 Å². The lowest BCUT2D eigenvalue weighted by molar-refractivity contribution is -0.548. The summed E-state index contributed by atoms with van der Waals surface area (Å²) in [5.74, 6) is -20.6. The molecule has 0 spiro atoms. The maximum atomic E-state index is 12.3. The third-order valence-electron chi connectivity index (χ3n) is 1.94. The molecular weight excluding hydrogens is 206 g/mol. The highest BCUT2D eigenvalue weighted by Crippen LogP contribution is 2.66. The highest BCUT2D eigenvalue weighted by molar-refractivity contribution is 5.22. The maximum absolute atomic E-state index is 12.3. The number of ether oxygens (including phenoxy) is 1. The smallest absolute Gasteiger partial charge is 0.356 e. The van der Waals surface area contributed by atoms with Crippen molar-refractivity contribution >= 4 is 0 Å². The molecule has 78 valence electrons. The summed E-state index contributed by atoms with van der Waals surface area (Å²) >= 11 is 0. The molecule has 0 radical (unpaired) electrons. The molecule has 1 N–H and O–H groups in total. The van der Waals surface area contributed by atoms with Gasteiger partial charge in [0, 0.05) is 7.11 Å². The summed E-state index contributed by atoms with van der Waals surface area (Å²) < 4.78 is 76.4. The molecule has 0 bridgehead atoms. The lowest BCUT2D eigenvalue weighted by Gasteiger charge is -2.53. The van der Waals surface area contributed by atoms with Crippen LogP contribution in [0, 0.1) is 0 Å². The van der Waals surface area contributed by atoms with Crippen LogP contribution in [-0.2, 0) is 4.74 Å². The van der Waals surface area contributed by atoms with Crippen molar-refractivity contribution in [1.29, 1.82) is 0 Å². The van der Waals surface area contributed by atoms with Crippen molar-refractivity contribution in [3.05, 3.63) is 0 Å². The minimum Gasteiger partial charge on any atom is -0.356 e. The van der Waals surface area contributed by atoms with Crippen molar-refractivity contribution in [3.8, 4) is 0 Å². The highest BCUT2D eigenvalue weighted by Gasteiger charge is 3.00. The van der Waals surface area contributed by atoms with Crippen LogP contribution in [0.1, 0.15) is 0 Å². The zero-order chi connectivity index (χ0) is 10.7. The summed E-state index contributed by atoms with van der Waals surface area (Å²) in [6.45, 7) is 0. The molecule has 13 heavy (non-hydrogen) atoms. The Morgan fingerprint density at radius 1 is 0.846 bits per heavy atom. The predicted octanol–water partition coefficient (Wildman–Crippen LogP) is 1.24. The third kappa shape index (κ3) is 0.700. The molecule has 1 aliphatic carbocycles. The van der Waals surface area contributed by atoms with Crippen molar-refractivity contribution in [2.75, 3.05) is 7.11 Å². The van der Waals surface area contributed by atoms with Crippen LogP contribution < -0.4 is 0 Å². The zero-order valence-corrected chi connectivity index (χ0v) is 6.12. The fraction of sp³-hybridized carbons (Fsp3) is 1.00. The second-order valence-electron chi connectivity index (χ2n) is 2.57. The Kier molecular flexibility index (Phi) is 1.72. The van der Waals surface area contributed by atoms with E-state index >= 15 is 0 Å². The lowest BCUT2D eigenvalue weighted by Crippen LogP contribution is -2.86. The van der Waals surface area contributed by atoms with E-state index in [4.69, 9.17) is 5.11 Å². The maximum Gasteiger partial charge on any atom is 0.383 e. The monoisotopic (exact) mass is 210 g/mol. The van der Waals surface area contributed by atoms with E-state index in [1.54, 1.807) is 0 Å². The number of rotatable bonds is 1. The molecule has 1 saturated carbocycles. The largest absolute Gasteiger partial charge is 0.383 e. The second-order valence-corrected chi connectivity index (χ2v) is 2.57.